The topological polar surface area (TPSA) is 54.3 Å². The van der Waals surface area contributed by atoms with Crippen molar-refractivity contribution < 1.29 is 9.21 Å². The lowest BCUT2D eigenvalue weighted by Crippen LogP contribution is -2.23. The summed E-state index contributed by atoms with van der Waals surface area (Å²) in [6.45, 7) is 3.70. The maximum absolute atomic E-state index is 12.0. The van der Waals surface area contributed by atoms with Crippen molar-refractivity contribution in [2.75, 3.05) is 11.9 Å². The molecule has 1 aliphatic heterocycles. The van der Waals surface area contributed by atoms with Crippen LogP contribution in [0.4, 0.5) is 5.69 Å². The van der Waals surface area contributed by atoms with E-state index in [0.717, 1.165) is 31.0 Å². The van der Waals surface area contributed by atoms with Crippen molar-refractivity contribution in [3.8, 4) is 0 Å². The normalized spacial score (nSPS) is 13.2. The van der Waals surface area contributed by atoms with Crippen LogP contribution in [0, 0.1) is 6.92 Å². The highest BCUT2D eigenvalue weighted by Crippen LogP contribution is 2.19. The van der Waals surface area contributed by atoms with Crippen LogP contribution in [0.25, 0.3) is 0 Å². The first-order chi connectivity index (χ1) is 9.22. The van der Waals surface area contributed by atoms with Gasteiger partial charge in [0.2, 0.25) is 0 Å². The highest BCUT2D eigenvalue weighted by atomic mass is 35.5. The molecule has 2 N–H and O–H groups in total. The second kappa shape index (κ2) is 6.11. The molecule has 5 heteroatoms. The minimum Gasteiger partial charge on any atom is -0.456 e. The molecular weight excluding hydrogens is 276 g/mol. The van der Waals surface area contributed by atoms with Gasteiger partial charge in [-0.3, -0.25) is 4.79 Å². The van der Waals surface area contributed by atoms with Gasteiger partial charge in [0, 0.05) is 12.2 Å². The van der Waals surface area contributed by atoms with Crippen LogP contribution < -0.4 is 10.6 Å². The Kier molecular flexibility index (Phi) is 4.47. The smallest absolute Gasteiger partial charge is 0.291 e. The number of aryl methyl sites for hydroxylation is 1. The fraction of sp³-hybridized carbons (Fsp3) is 0.267. The maximum Gasteiger partial charge on any atom is 0.291 e. The summed E-state index contributed by atoms with van der Waals surface area (Å²) in [5, 5.41) is 6.19. The quantitative estimate of drug-likeness (QED) is 0.895. The summed E-state index contributed by atoms with van der Waals surface area (Å²) < 4.78 is 5.31. The van der Waals surface area contributed by atoms with Crippen LogP contribution >= 0.6 is 12.4 Å². The van der Waals surface area contributed by atoms with Crippen LogP contribution in [0.2, 0.25) is 0 Å². The van der Waals surface area contributed by atoms with E-state index in [1.807, 2.05) is 19.1 Å². The number of furan rings is 1. The van der Waals surface area contributed by atoms with E-state index in [0.29, 0.717) is 5.76 Å². The van der Waals surface area contributed by atoms with Crippen molar-refractivity contribution >= 4 is 24.0 Å². The molecule has 2 heterocycles. The molecule has 2 aromatic rings. The summed E-state index contributed by atoms with van der Waals surface area (Å²) in [5.74, 6) is 0.866. The largest absolute Gasteiger partial charge is 0.456 e. The lowest BCUT2D eigenvalue weighted by atomic mass is 10.0. The molecule has 0 fully saturated rings. The molecule has 1 amide bonds. The van der Waals surface area contributed by atoms with Crippen LogP contribution in [0.15, 0.2) is 34.7 Å². The molecule has 1 aromatic carbocycles. The predicted molar refractivity (Wildman–Crippen MR) is 80.5 cm³/mol. The number of halogens is 1. The van der Waals surface area contributed by atoms with Gasteiger partial charge in [0.15, 0.2) is 5.76 Å². The first-order valence-corrected chi connectivity index (χ1v) is 6.43. The van der Waals surface area contributed by atoms with Gasteiger partial charge in [0.05, 0.1) is 0 Å². The number of hydrogen-bond acceptors (Lipinski definition) is 3. The number of anilines is 1. The van der Waals surface area contributed by atoms with Gasteiger partial charge in [0.25, 0.3) is 5.91 Å². The molecule has 20 heavy (non-hydrogen) atoms. The van der Waals surface area contributed by atoms with Crippen LogP contribution in [0.5, 0.6) is 0 Å². The Bertz CT molecular complexity index is 622. The lowest BCUT2D eigenvalue weighted by molar-refractivity contribution is 0.0995. The second-order valence-corrected chi connectivity index (χ2v) is 4.77. The summed E-state index contributed by atoms with van der Waals surface area (Å²) in [4.78, 5) is 12.0. The first-order valence-electron chi connectivity index (χ1n) is 6.43. The average molecular weight is 293 g/mol. The van der Waals surface area contributed by atoms with Crippen molar-refractivity contribution in [1.29, 1.82) is 0 Å². The van der Waals surface area contributed by atoms with E-state index in [9.17, 15) is 4.79 Å². The van der Waals surface area contributed by atoms with Crippen molar-refractivity contribution in [1.82, 2.24) is 5.32 Å². The molecule has 0 unspecified atom stereocenters. The molecule has 0 aliphatic carbocycles. The highest BCUT2D eigenvalue weighted by molar-refractivity contribution is 6.02. The molecule has 0 spiro atoms. The lowest BCUT2D eigenvalue weighted by Gasteiger charge is -2.17. The van der Waals surface area contributed by atoms with Gasteiger partial charge in [-0.2, -0.15) is 0 Å². The van der Waals surface area contributed by atoms with Crippen molar-refractivity contribution in [2.45, 2.75) is 19.9 Å². The number of fused-ring (bicyclic) bond motifs is 1. The van der Waals surface area contributed by atoms with Gasteiger partial charge in [-0.05, 0) is 55.3 Å². The molecule has 0 saturated carbocycles. The van der Waals surface area contributed by atoms with Crippen LogP contribution in [0.1, 0.15) is 27.4 Å². The monoisotopic (exact) mass is 292 g/mol. The van der Waals surface area contributed by atoms with Gasteiger partial charge in [-0.1, -0.05) is 6.07 Å². The van der Waals surface area contributed by atoms with Gasteiger partial charge >= 0.3 is 0 Å². The van der Waals surface area contributed by atoms with E-state index < -0.39 is 0 Å². The zero-order chi connectivity index (χ0) is 13.2. The number of nitrogens with one attached hydrogen (secondary N) is 2. The van der Waals surface area contributed by atoms with Crippen LogP contribution in [-0.4, -0.2) is 12.5 Å². The number of carbonyl (C=O) groups excluding carboxylic acids is 1. The summed E-state index contributed by atoms with van der Waals surface area (Å²) in [6, 6.07) is 9.52. The SMILES string of the molecule is Cc1ccc(C(=O)Nc2ccc3c(c2)CNCC3)o1.Cl. The molecule has 4 nitrogen and oxygen atoms in total. The van der Waals surface area contributed by atoms with Crippen LogP contribution in [0.3, 0.4) is 0 Å². The van der Waals surface area contributed by atoms with E-state index in [-0.39, 0.29) is 18.3 Å². The van der Waals surface area contributed by atoms with Crippen molar-refractivity contribution in [3.05, 3.63) is 53.0 Å². The molecular formula is C15H17ClN2O2. The third-order valence-corrected chi connectivity index (χ3v) is 3.31. The molecule has 0 saturated heterocycles. The van der Waals surface area contributed by atoms with E-state index in [4.69, 9.17) is 4.42 Å². The van der Waals surface area contributed by atoms with E-state index in [1.54, 1.807) is 12.1 Å². The maximum atomic E-state index is 12.0. The van der Waals surface area contributed by atoms with Gasteiger partial charge in [-0.25, -0.2) is 0 Å². The summed E-state index contributed by atoms with van der Waals surface area (Å²) in [6.07, 6.45) is 1.04. The first kappa shape index (κ1) is 14.6. The fourth-order valence-electron chi connectivity index (χ4n) is 2.31. The Morgan fingerprint density at radius 3 is 2.85 bits per heavy atom. The van der Waals surface area contributed by atoms with E-state index in [1.165, 1.54) is 11.1 Å². The summed E-state index contributed by atoms with van der Waals surface area (Å²) in [5.41, 5.74) is 3.41. The number of hydrogen-bond donors (Lipinski definition) is 2. The Hall–Kier alpha value is -1.78. The van der Waals surface area contributed by atoms with Crippen molar-refractivity contribution in [3.63, 3.8) is 0 Å². The van der Waals surface area contributed by atoms with Crippen molar-refractivity contribution in [2.24, 2.45) is 0 Å². The van der Waals surface area contributed by atoms with Gasteiger partial charge in [-0.15, -0.1) is 12.4 Å². The summed E-state index contributed by atoms with van der Waals surface area (Å²) in [7, 11) is 0. The summed E-state index contributed by atoms with van der Waals surface area (Å²) >= 11 is 0. The molecule has 1 aliphatic rings. The molecule has 106 valence electrons. The van der Waals surface area contributed by atoms with Crippen LogP contribution in [-0.2, 0) is 13.0 Å². The Morgan fingerprint density at radius 1 is 1.25 bits per heavy atom. The molecule has 0 bridgehead atoms. The predicted octanol–water partition coefficient (Wildman–Crippen LogP) is 2.91. The minimum absolute atomic E-state index is 0. The zero-order valence-electron chi connectivity index (χ0n) is 11.2. The molecule has 1 aromatic heterocycles. The number of benzene rings is 1. The third-order valence-electron chi connectivity index (χ3n) is 3.31. The standard InChI is InChI=1S/C15H16N2O2.ClH/c1-10-2-5-14(19-10)15(18)17-13-4-3-11-6-7-16-9-12(11)8-13;/h2-5,8,16H,6-7,9H2,1H3,(H,17,18);1H. The third kappa shape index (κ3) is 3.03. The van der Waals surface area contributed by atoms with Gasteiger partial charge in [0.1, 0.15) is 5.76 Å². The average Bonchev–Trinajstić information content (AvgIpc) is 2.85. The molecule has 0 atom stereocenters. The number of rotatable bonds is 2. The van der Waals surface area contributed by atoms with E-state index in [2.05, 4.69) is 16.7 Å². The number of amides is 1. The highest BCUT2D eigenvalue weighted by Gasteiger charge is 2.13. The Balaban J connectivity index is 0.00000147. The minimum atomic E-state index is -0.211. The fourth-order valence-corrected chi connectivity index (χ4v) is 2.31. The number of carbonyl (C=O) groups is 1. The Morgan fingerprint density at radius 2 is 2.10 bits per heavy atom. The molecule has 0 radical (unpaired) electrons. The molecule has 3 rings (SSSR count). The zero-order valence-corrected chi connectivity index (χ0v) is 12.0. The Labute approximate surface area is 124 Å². The van der Waals surface area contributed by atoms with E-state index >= 15 is 0 Å². The second-order valence-electron chi connectivity index (χ2n) is 4.77. The van der Waals surface area contributed by atoms with Gasteiger partial charge < -0.3 is 15.1 Å².